The molecular formula is C14H12Cl2N2O2S. The minimum Gasteiger partial charge on any atom is -0.271 e. The number of hydrogen-bond acceptors (Lipinski definition) is 3. The highest BCUT2D eigenvalue weighted by Crippen LogP contribution is 2.18. The first-order chi connectivity index (χ1) is 9.94. The van der Waals surface area contributed by atoms with Crippen LogP contribution in [0.2, 0.25) is 10.0 Å². The Morgan fingerprint density at radius 3 is 2.24 bits per heavy atom. The molecule has 110 valence electrons. The van der Waals surface area contributed by atoms with E-state index in [1.165, 1.54) is 31.3 Å². The Kier molecular flexibility index (Phi) is 4.88. The van der Waals surface area contributed by atoms with E-state index in [-0.39, 0.29) is 10.7 Å². The molecule has 0 fully saturated rings. The van der Waals surface area contributed by atoms with Gasteiger partial charge < -0.3 is 0 Å². The van der Waals surface area contributed by atoms with Crippen LogP contribution in [-0.4, -0.2) is 21.3 Å². The number of amidine groups is 1. The normalized spacial score (nSPS) is 12.2. The fourth-order valence-corrected chi connectivity index (χ4v) is 3.09. The Hall–Kier alpha value is -1.56. The summed E-state index contributed by atoms with van der Waals surface area (Å²) in [6, 6.07) is 12.7. The summed E-state index contributed by atoms with van der Waals surface area (Å²) in [7, 11) is -2.26. The predicted molar refractivity (Wildman–Crippen MR) is 85.7 cm³/mol. The second kappa shape index (κ2) is 6.47. The number of nitrogens with zero attached hydrogens (tertiary/aromatic N) is 1. The molecule has 2 aromatic carbocycles. The van der Waals surface area contributed by atoms with E-state index in [0.717, 1.165) is 0 Å². The molecule has 1 N–H and O–H groups in total. The summed E-state index contributed by atoms with van der Waals surface area (Å²) in [6.45, 7) is 0. The van der Waals surface area contributed by atoms with Gasteiger partial charge in [0, 0.05) is 17.6 Å². The van der Waals surface area contributed by atoms with Crippen LogP contribution in [0.5, 0.6) is 0 Å². The van der Waals surface area contributed by atoms with Crippen molar-refractivity contribution in [1.29, 1.82) is 0 Å². The van der Waals surface area contributed by atoms with Gasteiger partial charge in [-0.15, -0.1) is 0 Å². The van der Waals surface area contributed by atoms with Crippen LogP contribution >= 0.6 is 23.2 Å². The van der Waals surface area contributed by atoms with Gasteiger partial charge in [-0.05, 0) is 36.4 Å². The zero-order valence-corrected chi connectivity index (χ0v) is 13.4. The first-order valence-corrected chi connectivity index (χ1v) is 8.18. The van der Waals surface area contributed by atoms with Gasteiger partial charge in [0.15, 0.2) is 0 Å². The molecule has 0 heterocycles. The maximum atomic E-state index is 12.3. The van der Waals surface area contributed by atoms with Crippen LogP contribution in [0.25, 0.3) is 0 Å². The third-order valence-corrected chi connectivity index (χ3v) is 4.64. The Morgan fingerprint density at radius 2 is 1.67 bits per heavy atom. The number of hydrogen-bond donors (Lipinski definition) is 1. The van der Waals surface area contributed by atoms with Gasteiger partial charge >= 0.3 is 0 Å². The Labute approximate surface area is 133 Å². The van der Waals surface area contributed by atoms with Crippen molar-refractivity contribution in [2.75, 3.05) is 7.05 Å². The first-order valence-electron chi connectivity index (χ1n) is 5.94. The van der Waals surface area contributed by atoms with Crippen LogP contribution < -0.4 is 4.72 Å². The highest BCUT2D eigenvalue weighted by atomic mass is 35.5. The predicted octanol–water partition coefficient (Wildman–Crippen LogP) is 3.35. The zero-order valence-electron chi connectivity index (χ0n) is 11.0. The van der Waals surface area contributed by atoms with E-state index in [1.807, 2.05) is 0 Å². The maximum absolute atomic E-state index is 12.3. The average Bonchev–Trinajstić information content (AvgIpc) is 2.46. The topological polar surface area (TPSA) is 58.5 Å². The molecule has 21 heavy (non-hydrogen) atoms. The van der Waals surface area contributed by atoms with Crippen LogP contribution in [0, 0.1) is 0 Å². The zero-order chi connectivity index (χ0) is 15.5. The average molecular weight is 343 g/mol. The molecule has 0 amide bonds. The summed E-state index contributed by atoms with van der Waals surface area (Å²) in [5, 5.41) is 0.876. The lowest BCUT2D eigenvalue weighted by Crippen LogP contribution is -2.31. The molecule has 0 bridgehead atoms. The van der Waals surface area contributed by atoms with Gasteiger partial charge in [-0.25, -0.2) is 8.42 Å². The lowest BCUT2D eigenvalue weighted by Gasteiger charge is -2.11. The van der Waals surface area contributed by atoms with Gasteiger partial charge in [-0.3, -0.25) is 9.71 Å². The van der Waals surface area contributed by atoms with E-state index in [0.29, 0.717) is 15.6 Å². The lowest BCUT2D eigenvalue weighted by molar-refractivity contribution is 0.592. The van der Waals surface area contributed by atoms with Crippen LogP contribution in [0.15, 0.2) is 58.4 Å². The van der Waals surface area contributed by atoms with Gasteiger partial charge in [-0.1, -0.05) is 35.3 Å². The molecule has 0 unspecified atom stereocenters. The Balaban J connectivity index is 2.35. The van der Waals surface area contributed by atoms with Gasteiger partial charge in [-0.2, -0.15) is 0 Å². The fourth-order valence-electron chi connectivity index (χ4n) is 1.67. The maximum Gasteiger partial charge on any atom is 0.263 e. The number of rotatable bonds is 3. The molecule has 7 heteroatoms. The highest BCUT2D eigenvalue weighted by Gasteiger charge is 2.18. The van der Waals surface area contributed by atoms with Gasteiger partial charge in [0.05, 0.1) is 9.92 Å². The van der Waals surface area contributed by atoms with E-state index in [4.69, 9.17) is 23.2 Å². The van der Waals surface area contributed by atoms with Crippen LogP contribution in [0.1, 0.15) is 5.56 Å². The van der Waals surface area contributed by atoms with E-state index >= 15 is 0 Å². The third-order valence-electron chi connectivity index (χ3n) is 2.71. The van der Waals surface area contributed by atoms with Gasteiger partial charge in [0.1, 0.15) is 5.84 Å². The first kappa shape index (κ1) is 15.8. The van der Waals surface area contributed by atoms with Crippen LogP contribution in [0.4, 0.5) is 0 Å². The Morgan fingerprint density at radius 1 is 1.05 bits per heavy atom. The molecule has 0 spiro atoms. The summed E-state index contributed by atoms with van der Waals surface area (Å²) in [5.41, 5.74) is 0.513. The number of sulfonamides is 1. The largest absolute Gasteiger partial charge is 0.271 e. The van der Waals surface area contributed by atoms with Crippen molar-refractivity contribution in [3.8, 4) is 0 Å². The Bertz CT molecular complexity index is 772. The quantitative estimate of drug-likeness (QED) is 0.686. The standard InChI is InChI=1S/C14H12Cl2N2O2S/c1-17-14(12-4-2-3-5-13(12)16)18-21(19,20)11-8-6-10(15)7-9-11/h2-9H,1H3,(H,17,18). The summed E-state index contributed by atoms with van der Waals surface area (Å²) in [5.74, 6) is 0.176. The van der Waals surface area contributed by atoms with Crippen molar-refractivity contribution < 1.29 is 8.42 Å². The molecule has 0 aliphatic rings. The molecule has 0 atom stereocenters. The molecule has 0 aliphatic heterocycles. The molecule has 2 aromatic rings. The minimum absolute atomic E-state index is 0.0973. The van der Waals surface area contributed by atoms with E-state index in [9.17, 15) is 8.42 Å². The molecule has 0 saturated heterocycles. The van der Waals surface area contributed by atoms with Gasteiger partial charge in [0.2, 0.25) is 0 Å². The molecule has 0 saturated carbocycles. The second-order valence-electron chi connectivity index (χ2n) is 4.11. The van der Waals surface area contributed by atoms with Crippen LogP contribution in [0.3, 0.4) is 0 Å². The molecule has 0 aromatic heterocycles. The fraction of sp³-hybridized carbons (Fsp3) is 0.0714. The number of halogens is 2. The molecule has 4 nitrogen and oxygen atoms in total. The van der Waals surface area contributed by atoms with E-state index < -0.39 is 10.0 Å². The van der Waals surface area contributed by atoms with Gasteiger partial charge in [0.25, 0.3) is 10.0 Å². The summed E-state index contributed by atoms with van der Waals surface area (Å²) >= 11 is 11.8. The number of aliphatic imine (C=N–C) groups is 1. The highest BCUT2D eigenvalue weighted by molar-refractivity contribution is 7.90. The summed E-state index contributed by atoms with van der Waals surface area (Å²) in [4.78, 5) is 4.06. The monoisotopic (exact) mass is 342 g/mol. The van der Waals surface area contributed by atoms with E-state index in [2.05, 4.69) is 9.71 Å². The third kappa shape index (κ3) is 3.75. The van der Waals surface area contributed by atoms with E-state index in [1.54, 1.807) is 24.3 Å². The van der Waals surface area contributed by atoms with Crippen molar-refractivity contribution in [3.05, 3.63) is 64.1 Å². The number of benzene rings is 2. The minimum atomic E-state index is -3.75. The molecule has 0 aliphatic carbocycles. The van der Waals surface area contributed by atoms with Crippen molar-refractivity contribution >= 4 is 39.1 Å². The smallest absolute Gasteiger partial charge is 0.263 e. The molecular weight excluding hydrogens is 331 g/mol. The van der Waals surface area contributed by atoms with Crippen molar-refractivity contribution in [3.63, 3.8) is 0 Å². The lowest BCUT2D eigenvalue weighted by atomic mass is 10.2. The molecule has 0 radical (unpaired) electrons. The molecule has 2 rings (SSSR count). The van der Waals surface area contributed by atoms with Crippen molar-refractivity contribution in [1.82, 2.24) is 4.72 Å². The second-order valence-corrected chi connectivity index (χ2v) is 6.64. The summed E-state index contributed by atoms with van der Waals surface area (Å²) < 4.78 is 27.1. The van der Waals surface area contributed by atoms with Crippen LogP contribution in [-0.2, 0) is 10.0 Å². The SMILES string of the molecule is CN=C(NS(=O)(=O)c1ccc(Cl)cc1)c1ccccc1Cl. The van der Waals surface area contributed by atoms with Crippen molar-refractivity contribution in [2.45, 2.75) is 4.90 Å². The summed E-state index contributed by atoms with van der Waals surface area (Å²) in [6.07, 6.45) is 0. The number of nitrogens with one attached hydrogen (secondary N) is 1. The van der Waals surface area contributed by atoms with Crippen molar-refractivity contribution in [2.24, 2.45) is 4.99 Å².